The van der Waals surface area contributed by atoms with E-state index in [1.807, 2.05) is 115 Å². The zero-order valence-electron chi connectivity index (χ0n) is 18.8. The molecule has 0 spiro atoms. The maximum Gasteiger partial charge on any atom is 0.325 e. The number of benzene rings is 4. The van der Waals surface area contributed by atoms with E-state index in [1.165, 1.54) is 7.11 Å². The molecule has 0 bridgehead atoms. The largest absolute Gasteiger partial charge is 0.468 e. The SMILES string of the molecule is COC(=O)CN1C(c2ccccc2)=C(c2ccccc2)c2ccccc2P1(=O)c1ccccc1. The van der Waals surface area contributed by atoms with Gasteiger partial charge in [0, 0.05) is 16.2 Å². The smallest absolute Gasteiger partial charge is 0.325 e. The average molecular weight is 465 g/mol. The van der Waals surface area contributed by atoms with Crippen LogP contribution >= 0.6 is 7.29 Å². The number of hydrogen-bond donors (Lipinski definition) is 0. The number of nitrogens with zero attached hydrogens (tertiary/aromatic N) is 1. The van der Waals surface area contributed by atoms with Crippen LogP contribution in [-0.2, 0) is 14.1 Å². The van der Waals surface area contributed by atoms with Gasteiger partial charge in [-0.3, -0.25) is 9.36 Å². The maximum absolute atomic E-state index is 15.3. The summed E-state index contributed by atoms with van der Waals surface area (Å²) in [5, 5.41) is 1.38. The van der Waals surface area contributed by atoms with Crippen LogP contribution in [0.3, 0.4) is 0 Å². The summed E-state index contributed by atoms with van der Waals surface area (Å²) in [5.41, 5.74) is 4.47. The lowest BCUT2D eigenvalue weighted by molar-refractivity contribution is -0.140. The summed E-state index contributed by atoms with van der Waals surface area (Å²) in [6.45, 7) is -0.141. The zero-order valence-corrected chi connectivity index (χ0v) is 19.7. The van der Waals surface area contributed by atoms with Crippen molar-refractivity contribution in [1.29, 1.82) is 0 Å². The number of carbonyl (C=O) groups is 1. The molecule has 0 N–H and O–H groups in total. The second-order valence-corrected chi connectivity index (χ2v) is 10.7. The summed E-state index contributed by atoms with van der Waals surface area (Å²) in [7, 11) is -2.08. The minimum Gasteiger partial charge on any atom is -0.468 e. The summed E-state index contributed by atoms with van der Waals surface area (Å²) in [6.07, 6.45) is 0. The molecule has 1 unspecified atom stereocenters. The molecule has 0 saturated heterocycles. The monoisotopic (exact) mass is 465 g/mol. The molecule has 34 heavy (non-hydrogen) atoms. The van der Waals surface area contributed by atoms with E-state index in [1.54, 1.807) is 4.67 Å². The Labute approximate surface area is 199 Å². The molecule has 1 aliphatic heterocycles. The first kappa shape index (κ1) is 21.9. The molecular formula is C29H24NO3P. The van der Waals surface area contributed by atoms with E-state index in [0.717, 1.165) is 28.0 Å². The van der Waals surface area contributed by atoms with Gasteiger partial charge in [0.25, 0.3) is 0 Å². The van der Waals surface area contributed by atoms with Gasteiger partial charge in [-0.1, -0.05) is 97.1 Å². The van der Waals surface area contributed by atoms with E-state index in [2.05, 4.69) is 0 Å². The predicted molar refractivity (Wildman–Crippen MR) is 137 cm³/mol. The third kappa shape index (κ3) is 3.67. The van der Waals surface area contributed by atoms with Gasteiger partial charge in [0.05, 0.1) is 12.8 Å². The predicted octanol–water partition coefficient (Wildman–Crippen LogP) is 5.32. The van der Waals surface area contributed by atoms with E-state index in [9.17, 15) is 4.79 Å². The molecular weight excluding hydrogens is 441 g/mol. The average Bonchev–Trinajstić information content (AvgIpc) is 2.91. The fourth-order valence-electron chi connectivity index (χ4n) is 4.54. The summed E-state index contributed by atoms with van der Waals surface area (Å²) in [4.78, 5) is 12.7. The van der Waals surface area contributed by atoms with E-state index in [-0.39, 0.29) is 6.54 Å². The Morgan fingerprint density at radius 3 is 1.88 bits per heavy atom. The van der Waals surface area contributed by atoms with Crippen molar-refractivity contribution in [1.82, 2.24) is 4.67 Å². The van der Waals surface area contributed by atoms with Crippen LogP contribution in [0, 0.1) is 0 Å². The van der Waals surface area contributed by atoms with Crippen molar-refractivity contribution < 1.29 is 14.1 Å². The highest BCUT2D eigenvalue weighted by molar-refractivity contribution is 7.77. The Kier molecular flexibility index (Phi) is 5.91. The zero-order chi connectivity index (χ0) is 23.5. The maximum atomic E-state index is 15.3. The van der Waals surface area contributed by atoms with E-state index < -0.39 is 13.3 Å². The molecule has 0 radical (unpaired) electrons. The fourth-order valence-corrected chi connectivity index (χ4v) is 7.54. The summed E-state index contributed by atoms with van der Waals surface area (Å²) in [5.74, 6) is -0.448. The number of fused-ring (bicyclic) bond motifs is 1. The van der Waals surface area contributed by atoms with Gasteiger partial charge in [-0.25, -0.2) is 0 Å². The van der Waals surface area contributed by atoms with Crippen LogP contribution in [0.1, 0.15) is 16.7 Å². The molecule has 4 aromatic carbocycles. The summed E-state index contributed by atoms with van der Waals surface area (Å²) < 4.78 is 22.1. The number of ether oxygens (including phenoxy) is 1. The minimum atomic E-state index is -3.44. The first-order chi connectivity index (χ1) is 16.6. The lowest BCUT2D eigenvalue weighted by Gasteiger charge is -2.41. The van der Waals surface area contributed by atoms with Gasteiger partial charge in [-0.15, -0.1) is 0 Å². The van der Waals surface area contributed by atoms with Crippen molar-refractivity contribution >= 4 is 35.1 Å². The Balaban J connectivity index is 1.93. The number of carbonyl (C=O) groups excluding carboxylic acids is 1. The minimum absolute atomic E-state index is 0.141. The Hall–Kier alpha value is -3.88. The molecule has 1 heterocycles. The van der Waals surface area contributed by atoms with Crippen molar-refractivity contribution in [2.75, 3.05) is 13.7 Å². The molecule has 5 heteroatoms. The fraction of sp³-hybridized carbons (Fsp3) is 0.0690. The van der Waals surface area contributed by atoms with Crippen LogP contribution in [0.5, 0.6) is 0 Å². The van der Waals surface area contributed by atoms with Crippen molar-refractivity contribution in [3.8, 4) is 0 Å². The third-order valence-electron chi connectivity index (χ3n) is 6.06. The van der Waals surface area contributed by atoms with E-state index in [0.29, 0.717) is 10.6 Å². The van der Waals surface area contributed by atoms with Gasteiger partial charge in [0.1, 0.15) is 6.54 Å². The molecule has 1 atom stereocenters. The van der Waals surface area contributed by atoms with Gasteiger partial charge in [-0.05, 0) is 34.9 Å². The first-order valence-electron chi connectivity index (χ1n) is 11.1. The topological polar surface area (TPSA) is 46.6 Å². The van der Waals surface area contributed by atoms with E-state index >= 15 is 4.57 Å². The quantitative estimate of drug-likeness (QED) is 0.296. The van der Waals surface area contributed by atoms with Crippen molar-refractivity contribution in [3.63, 3.8) is 0 Å². The number of esters is 1. The highest BCUT2D eigenvalue weighted by Crippen LogP contribution is 2.58. The van der Waals surface area contributed by atoms with E-state index in [4.69, 9.17) is 4.74 Å². The highest BCUT2D eigenvalue weighted by atomic mass is 31.2. The van der Waals surface area contributed by atoms with Gasteiger partial charge < -0.3 is 9.41 Å². The van der Waals surface area contributed by atoms with Gasteiger partial charge >= 0.3 is 5.97 Å². The molecule has 4 aromatic rings. The molecule has 0 aromatic heterocycles. The normalized spacial score (nSPS) is 17.3. The molecule has 5 rings (SSSR count). The van der Waals surface area contributed by atoms with Crippen LogP contribution in [0.2, 0.25) is 0 Å². The molecule has 1 aliphatic rings. The lowest BCUT2D eigenvalue weighted by atomic mass is 9.92. The molecule has 4 nitrogen and oxygen atoms in total. The third-order valence-corrected chi connectivity index (χ3v) is 9.12. The van der Waals surface area contributed by atoms with Crippen LogP contribution in [0.25, 0.3) is 11.3 Å². The van der Waals surface area contributed by atoms with Crippen molar-refractivity contribution in [2.24, 2.45) is 0 Å². The van der Waals surface area contributed by atoms with Crippen LogP contribution in [-0.4, -0.2) is 24.3 Å². The van der Waals surface area contributed by atoms with Crippen molar-refractivity contribution in [3.05, 3.63) is 132 Å². The molecule has 0 aliphatic carbocycles. The number of rotatable bonds is 5. The van der Waals surface area contributed by atoms with Gasteiger partial charge in [0.2, 0.25) is 7.29 Å². The Morgan fingerprint density at radius 1 is 0.735 bits per heavy atom. The molecule has 0 amide bonds. The standard InChI is InChI=1S/C29H24NO3P/c1-33-27(31)21-30-29(23-15-7-3-8-16-23)28(22-13-5-2-6-14-22)25-19-11-12-20-26(25)34(30,32)24-17-9-4-10-18-24/h2-20H,21H2,1H3. The Bertz CT molecular complexity index is 1400. The van der Waals surface area contributed by atoms with Gasteiger partial charge in [-0.2, -0.15) is 0 Å². The van der Waals surface area contributed by atoms with Crippen LogP contribution < -0.4 is 10.6 Å². The Morgan fingerprint density at radius 2 is 1.26 bits per heavy atom. The van der Waals surface area contributed by atoms with Crippen molar-refractivity contribution in [2.45, 2.75) is 0 Å². The lowest BCUT2D eigenvalue weighted by Crippen LogP contribution is -2.39. The van der Waals surface area contributed by atoms with Gasteiger partial charge in [0.15, 0.2) is 0 Å². The molecule has 0 fully saturated rings. The number of hydrogen-bond acceptors (Lipinski definition) is 3. The highest BCUT2D eigenvalue weighted by Gasteiger charge is 2.44. The molecule has 168 valence electrons. The van der Waals surface area contributed by atoms with Crippen LogP contribution in [0.4, 0.5) is 0 Å². The summed E-state index contributed by atoms with van der Waals surface area (Å²) >= 11 is 0. The first-order valence-corrected chi connectivity index (χ1v) is 12.8. The number of methoxy groups -OCH3 is 1. The van der Waals surface area contributed by atoms with Crippen LogP contribution in [0.15, 0.2) is 115 Å². The molecule has 0 saturated carbocycles. The second-order valence-electron chi connectivity index (χ2n) is 8.02. The second kappa shape index (κ2) is 9.17. The summed E-state index contributed by atoms with van der Waals surface area (Å²) in [6, 6.07) is 37.1.